The third kappa shape index (κ3) is 3.87. The fourth-order valence-electron chi connectivity index (χ4n) is 2.43. The number of carboxylic acid groups (broad SMARTS) is 1. The number of likely N-dealkylation sites (tertiary alicyclic amines) is 1. The molecule has 1 N–H and O–H groups in total. The van der Waals surface area contributed by atoms with Gasteiger partial charge in [-0.05, 0) is 50.6 Å². The van der Waals surface area contributed by atoms with Gasteiger partial charge in [-0.1, -0.05) is 11.6 Å². The number of aliphatic carboxylic acids is 1. The number of carboxylic acids is 1. The highest BCUT2D eigenvalue weighted by Gasteiger charge is 2.39. The molecular weight excluding hydrogens is 278 g/mol. The van der Waals surface area contributed by atoms with Crippen molar-refractivity contribution in [3.05, 3.63) is 29.3 Å². The van der Waals surface area contributed by atoms with Gasteiger partial charge in [-0.25, -0.2) is 0 Å². The molecule has 0 bridgehead atoms. The Labute approximate surface area is 124 Å². The summed E-state index contributed by atoms with van der Waals surface area (Å²) in [5.74, 6) is 0.114. The molecule has 5 heteroatoms. The van der Waals surface area contributed by atoms with Crippen molar-refractivity contribution in [2.45, 2.75) is 19.8 Å². The molecule has 1 aliphatic rings. The van der Waals surface area contributed by atoms with E-state index in [1.807, 2.05) is 19.1 Å². The highest BCUT2D eigenvalue weighted by atomic mass is 35.5. The second kappa shape index (κ2) is 6.46. The van der Waals surface area contributed by atoms with Crippen molar-refractivity contribution >= 4 is 17.6 Å². The summed E-state index contributed by atoms with van der Waals surface area (Å²) in [6, 6.07) is 7.30. The van der Waals surface area contributed by atoms with E-state index in [4.69, 9.17) is 16.3 Å². The molecule has 1 unspecified atom stereocenters. The maximum absolute atomic E-state index is 11.1. The summed E-state index contributed by atoms with van der Waals surface area (Å²) < 4.78 is 5.62. The lowest BCUT2D eigenvalue weighted by atomic mass is 9.90. The molecular formula is C15H20ClNO3. The molecule has 0 spiro atoms. The average molecular weight is 298 g/mol. The van der Waals surface area contributed by atoms with E-state index in [9.17, 15) is 9.90 Å². The van der Waals surface area contributed by atoms with Crippen LogP contribution >= 0.6 is 11.6 Å². The standard InChI is InChI=1S/C15H20ClNO3/c1-15(14(18)19)7-9-17(11-15)8-2-10-20-13-5-3-12(16)4-6-13/h3-6H,2,7-11H2,1H3,(H,18,19). The van der Waals surface area contributed by atoms with Crippen molar-refractivity contribution in [2.24, 2.45) is 5.41 Å². The van der Waals surface area contributed by atoms with Gasteiger partial charge in [-0.15, -0.1) is 0 Å². The van der Waals surface area contributed by atoms with Crippen LogP contribution in [0.5, 0.6) is 5.75 Å². The number of hydrogen-bond acceptors (Lipinski definition) is 3. The summed E-state index contributed by atoms with van der Waals surface area (Å²) >= 11 is 5.80. The first-order chi connectivity index (χ1) is 9.49. The first-order valence-corrected chi connectivity index (χ1v) is 7.21. The van der Waals surface area contributed by atoms with E-state index in [2.05, 4.69) is 4.90 Å². The molecule has 4 nitrogen and oxygen atoms in total. The Bertz CT molecular complexity index is 463. The van der Waals surface area contributed by atoms with Crippen LogP contribution in [-0.2, 0) is 4.79 Å². The number of carbonyl (C=O) groups is 1. The number of hydrogen-bond donors (Lipinski definition) is 1. The molecule has 1 saturated heterocycles. The van der Waals surface area contributed by atoms with Crippen molar-refractivity contribution in [3.8, 4) is 5.75 Å². The van der Waals surface area contributed by atoms with E-state index in [-0.39, 0.29) is 0 Å². The van der Waals surface area contributed by atoms with Gasteiger partial charge < -0.3 is 14.7 Å². The topological polar surface area (TPSA) is 49.8 Å². The molecule has 0 saturated carbocycles. The third-order valence-electron chi connectivity index (χ3n) is 3.77. The summed E-state index contributed by atoms with van der Waals surface area (Å²) in [4.78, 5) is 13.3. The predicted molar refractivity (Wildman–Crippen MR) is 78.4 cm³/mol. The molecule has 0 aromatic heterocycles. The lowest BCUT2D eigenvalue weighted by molar-refractivity contribution is -0.147. The van der Waals surface area contributed by atoms with E-state index in [1.165, 1.54) is 0 Å². The molecule has 1 aliphatic heterocycles. The van der Waals surface area contributed by atoms with E-state index < -0.39 is 11.4 Å². The summed E-state index contributed by atoms with van der Waals surface area (Å²) in [5.41, 5.74) is -0.586. The molecule has 1 fully saturated rings. The number of ether oxygens (including phenoxy) is 1. The second-order valence-electron chi connectivity index (χ2n) is 5.55. The van der Waals surface area contributed by atoms with Crippen LogP contribution in [-0.4, -0.2) is 42.2 Å². The SMILES string of the molecule is CC1(C(=O)O)CCN(CCCOc2ccc(Cl)cc2)C1. The minimum atomic E-state index is -0.697. The Morgan fingerprint density at radius 3 is 2.75 bits per heavy atom. The van der Waals surface area contributed by atoms with Gasteiger partial charge in [-0.2, -0.15) is 0 Å². The van der Waals surface area contributed by atoms with Gasteiger partial charge in [0.2, 0.25) is 0 Å². The number of halogens is 1. The minimum Gasteiger partial charge on any atom is -0.494 e. The minimum absolute atomic E-state index is 0.586. The Hall–Kier alpha value is -1.26. The zero-order chi connectivity index (χ0) is 14.6. The van der Waals surface area contributed by atoms with Crippen molar-refractivity contribution in [1.82, 2.24) is 4.90 Å². The van der Waals surface area contributed by atoms with Crippen LogP contribution in [0.1, 0.15) is 19.8 Å². The number of nitrogens with zero attached hydrogens (tertiary/aromatic N) is 1. The Balaban J connectivity index is 1.67. The third-order valence-corrected chi connectivity index (χ3v) is 4.02. The summed E-state index contributed by atoms with van der Waals surface area (Å²) in [5, 5.41) is 9.87. The van der Waals surface area contributed by atoms with Gasteiger partial charge in [0.1, 0.15) is 5.75 Å². The van der Waals surface area contributed by atoms with Crippen molar-refractivity contribution < 1.29 is 14.6 Å². The number of benzene rings is 1. The van der Waals surface area contributed by atoms with E-state index in [0.29, 0.717) is 18.2 Å². The molecule has 0 radical (unpaired) electrons. The summed E-state index contributed by atoms with van der Waals surface area (Å²) in [7, 11) is 0. The van der Waals surface area contributed by atoms with Gasteiger partial charge in [0.25, 0.3) is 0 Å². The predicted octanol–water partition coefficient (Wildman–Crippen LogP) is 2.91. The quantitative estimate of drug-likeness (QED) is 0.820. The van der Waals surface area contributed by atoms with Gasteiger partial charge in [-0.3, -0.25) is 4.79 Å². The van der Waals surface area contributed by atoms with Crippen LogP contribution in [0.4, 0.5) is 0 Å². The van der Waals surface area contributed by atoms with Crippen LogP contribution in [0.2, 0.25) is 5.02 Å². The normalized spacial score (nSPS) is 22.9. The Morgan fingerprint density at radius 1 is 1.45 bits per heavy atom. The Kier molecular flexibility index (Phi) is 4.89. The largest absolute Gasteiger partial charge is 0.494 e. The lowest BCUT2D eigenvalue weighted by Crippen LogP contribution is -2.32. The van der Waals surface area contributed by atoms with Crippen molar-refractivity contribution in [1.29, 1.82) is 0 Å². The van der Waals surface area contributed by atoms with E-state index >= 15 is 0 Å². The summed E-state index contributed by atoms with van der Waals surface area (Å²) in [6.07, 6.45) is 1.61. The van der Waals surface area contributed by atoms with Crippen LogP contribution in [0.3, 0.4) is 0 Å². The fourth-order valence-corrected chi connectivity index (χ4v) is 2.56. The van der Waals surface area contributed by atoms with Crippen molar-refractivity contribution in [3.63, 3.8) is 0 Å². The monoisotopic (exact) mass is 297 g/mol. The van der Waals surface area contributed by atoms with Gasteiger partial charge >= 0.3 is 5.97 Å². The van der Waals surface area contributed by atoms with E-state index in [0.717, 1.165) is 31.7 Å². The molecule has 1 heterocycles. The zero-order valence-electron chi connectivity index (χ0n) is 11.6. The summed E-state index contributed by atoms with van der Waals surface area (Å²) in [6.45, 7) is 4.80. The lowest BCUT2D eigenvalue weighted by Gasteiger charge is -2.20. The van der Waals surface area contributed by atoms with Crippen LogP contribution in [0.25, 0.3) is 0 Å². The Morgan fingerprint density at radius 2 is 2.15 bits per heavy atom. The average Bonchev–Trinajstić information content (AvgIpc) is 2.80. The fraction of sp³-hybridized carbons (Fsp3) is 0.533. The molecule has 0 amide bonds. The van der Waals surface area contributed by atoms with Crippen molar-refractivity contribution in [2.75, 3.05) is 26.2 Å². The zero-order valence-corrected chi connectivity index (χ0v) is 12.4. The highest BCUT2D eigenvalue weighted by molar-refractivity contribution is 6.30. The first kappa shape index (κ1) is 15.1. The maximum atomic E-state index is 11.1. The van der Waals surface area contributed by atoms with Crippen LogP contribution < -0.4 is 4.74 Å². The first-order valence-electron chi connectivity index (χ1n) is 6.84. The van der Waals surface area contributed by atoms with Gasteiger partial charge in [0.15, 0.2) is 0 Å². The van der Waals surface area contributed by atoms with Gasteiger partial charge in [0.05, 0.1) is 12.0 Å². The highest BCUT2D eigenvalue weighted by Crippen LogP contribution is 2.29. The molecule has 1 atom stereocenters. The molecule has 110 valence electrons. The van der Waals surface area contributed by atoms with Crippen LogP contribution in [0.15, 0.2) is 24.3 Å². The molecule has 1 aromatic carbocycles. The van der Waals surface area contributed by atoms with Crippen LogP contribution in [0, 0.1) is 5.41 Å². The molecule has 0 aliphatic carbocycles. The second-order valence-corrected chi connectivity index (χ2v) is 5.98. The molecule has 2 rings (SSSR count). The number of rotatable bonds is 6. The van der Waals surface area contributed by atoms with Gasteiger partial charge in [0, 0.05) is 18.1 Å². The molecule has 20 heavy (non-hydrogen) atoms. The maximum Gasteiger partial charge on any atom is 0.310 e. The van der Waals surface area contributed by atoms with E-state index in [1.54, 1.807) is 12.1 Å². The smallest absolute Gasteiger partial charge is 0.310 e. The molecule has 1 aromatic rings.